The number of phenols is 1. The van der Waals surface area contributed by atoms with Gasteiger partial charge in [0.05, 0.1) is 16.5 Å². The summed E-state index contributed by atoms with van der Waals surface area (Å²) in [6.07, 6.45) is 11.6. The Bertz CT molecular complexity index is 1810. The van der Waals surface area contributed by atoms with Gasteiger partial charge in [0.2, 0.25) is 5.91 Å². The van der Waals surface area contributed by atoms with E-state index in [9.17, 15) is 14.3 Å². The Morgan fingerprint density at radius 2 is 1.93 bits per heavy atom. The molecule has 220 valence electrons. The molecule has 5 heterocycles. The molecule has 9 nitrogen and oxygen atoms in total. The number of phenolic OH excluding ortho intramolecular Hbond substituents is 1. The third-order valence-electron chi connectivity index (χ3n) is 8.99. The lowest BCUT2D eigenvalue weighted by atomic mass is 9.95. The van der Waals surface area contributed by atoms with Gasteiger partial charge < -0.3 is 20.1 Å². The molecule has 0 spiro atoms. The molecule has 0 unspecified atom stereocenters. The van der Waals surface area contributed by atoms with Crippen LogP contribution in [0.1, 0.15) is 37.7 Å². The van der Waals surface area contributed by atoms with Crippen molar-refractivity contribution in [3.8, 4) is 35.4 Å². The quantitative estimate of drug-likeness (QED) is 0.338. The molecule has 1 amide bonds. The fourth-order valence-corrected chi connectivity index (χ4v) is 6.91. The molecule has 3 aliphatic heterocycles. The molecule has 2 aromatic carbocycles. The van der Waals surface area contributed by atoms with Crippen molar-refractivity contribution in [1.82, 2.24) is 25.2 Å². The Hall–Kier alpha value is -4.56. The zero-order chi connectivity index (χ0) is 29.7. The lowest BCUT2D eigenvalue weighted by molar-refractivity contribution is -0.120. The van der Waals surface area contributed by atoms with Crippen LogP contribution in [0.25, 0.3) is 32.9 Å². The van der Waals surface area contributed by atoms with Crippen molar-refractivity contribution in [2.45, 2.75) is 37.6 Å². The summed E-state index contributed by atoms with van der Waals surface area (Å²) in [5.74, 6) is 1.13. The van der Waals surface area contributed by atoms with Gasteiger partial charge in [-0.1, -0.05) is 12.0 Å². The minimum Gasteiger partial charge on any atom is -0.508 e. The number of fused-ring (bicyclic) bond motifs is 3. The number of hydrogen-bond acceptors (Lipinski definition) is 8. The van der Waals surface area contributed by atoms with Crippen LogP contribution in [-0.2, 0) is 4.79 Å². The third kappa shape index (κ3) is 4.66. The van der Waals surface area contributed by atoms with Crippen molar-refractivity contribution in [1.29, 1.82) is 0 Å². The van der Waals surface area contributed by atoms with Gasteiger partial charge in [-0.3, -0.25) is 14.7 Å². The molecule has 3 fully saturated rings. The number of hydrogen-bond donors (Lipinski definition) is 2. The van der Waals surface area contributed by atoms with E-state index in [0.717, 1.165) is 38.8 Å². The van der Waals surface area contributed by atoms with E-state index >= 15 is 4.39 Å². The number of anilines is 1. The van der Waals surface area contributed by atoms with Crippen molar-refractivity contribution in [2.24, 2.45) is 0 Å². The number of amides is 1. The van der Waals surface area contributed by atoms with E-state index in [1.807, 2.05) is 4.90 Å². The monoisotopic (exact) mass is 584 g/mol. The second kappa shape index (κ2) is 10.6. The molecular formula is C32H30F2N6O3. The van der Waals surface area contributed by atoms with Crippen LogP contribution in [0.3, 0.4) is 0 Å². The van der Waals surface area contributed by atoms with Gasteiger partial charge in [0.15, 0.2) is 5.82 Å². The van der Waals surface area contributed by atoms with E-state index in [1.54, 1.807) is 0 Å². The minimum absolute atomic E-state index is 0.0316. The molecule has 2 aromatic heterocycles. The summed E-state index contributed by atoms with van der Waals surface area (Å²) >= 11 is 0. The van der Waals surface area contributed by atoms with Crippen LogP contribution >= 0.6 is 0 Å². The summed E-state index contributed by atoms with van der Waals surface area (Å²) in [5, 5.41) is 14.4. The highest BCUT2D eigenvalue weighted by Crippen LogP contribution is 2.41. The van der Waals surface area contributed by atoms with E-state index in [-0.39, 0.29) is 57.4 Å². The number of carbonyl (C=O) groups is 1. The number of pyridine rings is 1. The van der Waals surface area contributed by atoms with Crippen LogP contribution in [0.15, 0.2) is 30.5 Å². The van der Waals surface area contributed by atoms with Crippen LogP contribution in [-0.4, -0.2) is 75.7 Å². The Morgan fingerprint density at radius 3 is 2.72 bits per heavy atom. The molecule has 0 saturated carbocycles. The number of nitrogens with zero attached hydrogens (tertiary/aromatic N) is 5. The topological polar surface area (TPSA) is 104 Å². The molecule has 43 heavy (non-hydrogen) atoms. The first kappa shape index (κ1) is 27.3. The fraction of sp³-hybridized carbons (Fsp3) is 0.375. The van der Waals surface area contributed by atoms with E-state index in [1.165, 1.54) is 30.5 Å². The van der Waals surface area contributed by atoms with Gasteiger partial charge in [-0.25, -0.2) is 8.78 Å². The second-order valence-electron chi connectivity index (χ2n) is 11.5. The predicted molar refractivity (Wildman–Crippen MR) is 158 cm³/mol. The van der Waals surface area contributed by atoms with Crippen LogP contribution in [0, 0.1) is 24.0 Å². The molecule has 2 N–H and O–H groups in total. The molecule has 0 radical (unpaired) electrons. The van der Waals surface area contributed by atoms with Crippen molar-refractivity contribution < 1.29 is 23.4 Å². The first-order valence-corrected chi connectivity index (χ1v) is 14.5. The van der Waals surface area contributed by atoms with Crippen molar-refractivity contribution >= 4 is 33.4 Å². The van der Waals surface area contributed by atoms with E-state index < -0.39 is 11.6 Å². The van der Waals surface area contributed by atoms with Gasteiger partial charge in [0.25, 0.3) is 0 Å². The van der Waals surface area contributed by atoms with Gasteiger partial charge in [0, 0.05) is 43.2 Å². The third-order valence-corrected chi connectivity index (χ3v) is 8.99. The van der Waals surface area contributed by atoms with Gasteiger partial charge in [-0.05, 0) is 62.4 Å². The zero-order valence-corrected chi connectivity index (χ0v) is 23.5. The second-order valence-corrected chi connectivity index (χ2v) is 11.5. The average molecular weight is 585 g/mol. The molecule has 3 aliphatic rings. The summed E-state index contributed by atoms with van der Waals surface area (Å²) in [4.78, 5) is 30.1. The molecule has 4 aromatic rings. The largest absolute Gasteiger partial charge is 0.508 e. The number of benzene rings is 2. The summed E-state index contributed by atoms with van der Waals surface area (Å²) in [6, 6.07) is 5.48. The highest BCUT2D eigenvalue weighted by atomic mass is 19.1. The molecule has 11 heteroatoms. The maximum atomic E-state index is 16.6. The van der Waals surface area contributed by atoms with Gasteiger partial charge in [-0.15, -0.1) is 6.42 Å². The molecule has 0 aliphatic carbocycles. The highest BCUT2D eigenvalue weighted by Gasteiger charge is 2.45. The maximum absolute atomic E-state index is 16.6. The van der Waals surface area contributed by atoms with Gasteiger partial charge in [0.1, 0.15) is 35.2 Å². The number of carbonyl (C=O) groups excluding carboxylic acids is 1. The number of ether oxygens (including phenoxy) is 1. The zero-order valence-electron chi connectivity index (χ0n) is 23.5. The van der Waals surface area contributed by atoms with E-state index in [4.69, 9.17) is 16.1 Å². The fourth-order valence-electron chi connectivity index (χ4n) is 6.91. The average Bonchev–Trinajstić information content (AvgIpc) is 3.51. The lowest BCUT2D eigenvalue weighted by Gasteiger charge is -2.31. The smallest absolute Gasteiger partial charge is 0.319 e. The Labute approximate surface area is 246 Å². The van der Waals surface area contributed by atoms with E-state index in [2.05, 4.69) is 26.1 Å². The molecule has 3 saturated heterocycles. The van der Waals surface area contributed by atoms with Gasteiger partial charge >= 0.3 is 6.01 Å². The van der Waals surface area contributed by atoms with Crippen molar-refractivity contribution in [2.75, 3.05) is 44.2 Å². The lowest BCUT2D eigenvalue weighted by Crippen LogP contribution is -2.43. The SMILES string of the molecule is C#Cc1c(F)ccc2cc(O)cc(-c3ncc4c(N5CCNC(=O)CC5)nc(OCC56CCCN5CCC6)nc4c3F)c12. The van der Waals surface area contributed by atoms with Crippen LogP contribution in [0.2, 0.25) is 0 Å². The number of aromatic nitrogens is 3. The Morgan fingerprint density at radius 1 is 1.12 bits per heavy atom. The van der Waals surface area contributed by atoms with Crippen LogP contribution < -0.4 is 15.0 Å². The van der Waals surface area contributed by atoms with Crippen molar-refractivity contribution in [3.05, 3.63) is 47.7 Å². The summed E-state index contributed by atoms with van der Waals surface area (Å²) in [7, 11) is 0. The molecule has 0 atom stereocenters. The number of rotatable bonds is 5. The molecular weight excluding hydrogens is 554 g/mol. The molecule has 0 bridgehead atoms. The Kier molecular flexibility index (Phi) is 6.73. The molecule has 7 rings (SSSR count). The first-order chi connectivity index (χ1) is 20.9. The minimum atomic E-state index is -0.782. The number of halogens is 2. The van der Waals surface area contributed by atoms with Crippen LogP contribution in [0.5, 0.6) is 11.8 Å². The highest BCUT2D eigenvalue weighted by molar-refractivity contribution is 6.03. The Balaban J connectivity index is 1.39. The number of terminal acetylenes is 1. The summed E-state index contributed by atoms with van der Waals surface area (Å²) < 4.78 is 37.7. The number of aromatic hydroxyl groups is 1. The van der Waals surface area contributed by atoms with Crippen LogP contribution in [0.4, 0.5) is 14.6 Å². The van der Waals surface area contributed by atoms with E-state index in [0.29, 0.717) is 42.8 Å². The van der Waals surface area contributed by atoms with Gasteiger partial charge in [-0.2, -0.15) is 9.97 Å². The maximum Gasteiger partial charge on any atom is 0.319 e. The predicted octanol–water partition coefficient (Wildman–Crippen LogP) is 4.14. The standard InChI is InChI=1S/C32H30F2N6O3/c1-2-21-24(33)6-5-19-15-20(41)16-22(26(19)21)28-27(34)29-23(17-36-28)30(39-13-7-25(42)35-10-14-39)38-31(37-29)43-18-32-8-3-11-40(32)12-4-9-32/h1,5-6,15-17,41H,3-4,7-14,18H2,(H,35,42). The summed E-state index contributed by atoms with van der Waals surface area (Å²) in [5.41, 5.74) is -0.165. The number of nitrogens with one attached hydrogen (secondary N) is 1. The summed E-state index contributed by atoms with van der Waals surface area (Å²) in [6.45, 7) is 3.69. The first-order valence-electron chi connectivity index (χ1n) is 14.5. The normalized spacial score (nSPS) is 18.4. The van der Waals surface area contributed by atoms with Crippen molar-refractivity contribution in [3.63, 3.8) is 0 Å².